The number of ether oxygens (including phenoxy) is 2. The standard InChI is InChI=1S/C32H41N3O6S/c1-7-24(3)33-32(37)28(19-25-14-9-8-10-15-25)34(21-26-16-12-11-13-23(26)2)31(36)22-35(42(6,38)39)27-17-18-29(40-4)30(20-27)41-5/h8-18,20,24,28H,7,19,21-22H2,1-6H3,(H,33,37). The third kappa shape index (κ3) is 8.48. The summed E-state index contributed by atoms with van der Waals surface area (Å²) in [5, 5.41) is 3.03. The van der Waals surface area contributed by atoms with Crippen LogP contribution in [0.3, 0.4) is 0 Å². The van der Waals surface area contributed by atoms with Gasteiger partial charge in [0, 0.05) is 25.1 Å². The molecule has 0 aliphatic carbocycles. The van der Waals surface area contributed by atoms with E-state index in [-0.39, 0.29) is 30.6 Å². The number of carbonyl (C=O) groups excluding carboxylic acids is 2. The predicted octanol–water partition coefficient (Wildman–Crippen LogP) is 4.33. The van der Waals surface area contributed by atoms with E-state index < -0.39 is 28.5 Å². The van der Waals surface area contributed by atoms with Gasteiger partial charge in [-0.25, -0.2) is 8.42 Å². The van der Waals surface area contributed by atoms with Gasteiger partial charge in [-0.3, -0.25) is 13.9 Å². The third-order valence-electron chi connectivity index (χ3n) is 7.21. The Labute approximate surface area is 249 Å². The SMILES string of the molecule is CCC(C)NC(=O)C(Cc1ccccc1)N(Cc1ccccc1C)C(=O)CN(c1ccc(OC)c(OC)c1)S(C)(=O)=O. The van der Waals surface area contributed by atoms with Crippen LogP contribution < -0.4 is 19.1 Å². The number of rotatable bonds is 14. The van der Waals surface area contributed by atoms with Crippen molar-refractivity contribution in [2.24, 2.45) is 0 Å². The number of methoxy groups -OCH3 is 2. The molecule has 0 aromatic heterocycles. The molecular formula is C32H41N3O6S. The van der Waals surface area contributed by atoms with E-state index in [0.717, 1.165) is 33.7 Å². The Morgan fingerprint density at radius 2 is 1.57 bits per heavy atom. The molecule has 3 aromatic rings. The van der Waals surface area contributed by atoms with E-state index in [4.69, 9.17) is 9.47 Å². The van der Waals surface area contributed by atoms with Crippen molar-refractivity contribution in [2.45, 2.75) is 52.2 Å². The average Bonchev–Trinajstić information content (AvgIpc) is 2.97. The van der Waals surface area contributed by atoms with Gasteiger partial charge in [0.2, 0.25) is 21.8 Å². The highest BCUT2D eigenvalue weighted by atomic mass is 32.2. The summed E-state index contributed by atoms with van der Waals surface area (Å²) in [6.45, 7) is 5.44. The van der Waals surface area contributed by atoms with E-state index in [1.54, 1.807) is 12.1 Å². The molecule has 0 heterocycles. The normalized spacial score (nSPS) is 12.6. The number of aryl methyl sites for hydroxylation is 1. The highest BCUT2D eigenvalue weighted by Gasteiger charge is 2.33. The van der Waals surface area contributed by atoms with Gasteiger partial charge in [0.05, 0.1) is 26.2 Å². The van der Waals surface area contributed by atoms with E-state index in [0.29, 0.717) is 11.5 Å². The number of carbonyl (C=O) groups is 2. The average molecular weight is 596 g/mol. The number of nitrogens with one attached hydrogen (secondary N) is 1. The number of amides is 2. The second-order valence-corrected chi connectivity index (χ2v) is 12.2. The molecule has 0 saturated heterocycles. The van der Waals surface area contributed by atoms with E-state index in [2.05, 4.69) is 5.32 Å². The van der Waals surface area contributed by atoms with Crippen molar-refractivity contribution in [3.63, 3.8) is 0 Å². The van der Waals surface area contributed by atoms with Gasteiger partial charge in [-0.2, -0.15) is 0 Å². The Bertz CT molecular complexity index is 1460. The molecule has 1 N–H and O–H groups in total. The molecule has 0 aliphatic rings. The largest absolute Gasteiger partial charge is 0.493 e. The second kappa shape index (κ2) is 14.7. The lowest BCUT2D eigenvalue weighted by molar-refractivity contribution is -0.140. The van der Waals surface area contributed by atoms with E-state index in [1.807, 2.05) is 75.4 Å². The first-order chi connectivity index (χ1) is 20.0. The molecular weight excluding hydrogens is 554 g/mol. The van der Waals surface area contributed by atoms with Crippen molar-refractivity contribution < 1.29 is 27.5 Å². The van der Waals surface area contributed by atoms with Crippen LogP contribution in [0.4, 0.5) is 5.69 Å². The number of sulfonamides is 1. The van der Waals surface area contributed by atoms with Gasteiger partial charge >= 0.3 is 0 Å². The molecule has 0 spiro atoms. The predicted molar refractivity (Wildman–Crippen MR) is 165 cm³/mol. The lowest BCUT2D eigenvalue weighted by Crippen LogP contribution is -2.54. The Morgan fingerprint density at radius 3 is 2.17 bits per heavy atom. The summed E-state index contributed by atoms with van der Waals surface area (Å²) in [6, 6.07) is 20.8. The van der Waals surface area contributed by atoms with E-state index in [9.17, 15) is 18.0 Å². The molecule has 42 heavy (non-hydrogen) atoms. The van der Waals surface area contributed by atoms with Gasteiger partial charge in [-0.05, 0) is 49.1 Å². The van der Waals surface area contributed by atoms with Crippen molar-refractivity contribution in [1.29, 1.82) is 0 Å². The molecule has 0 bridgehead atoms. The first-order valence-electron chi connectivity index (χ1n) is 13.9. The Hall–Kier alpha value is -4.05. The number of benzene rings is 3. The molecule has 2 amide bonds. The Kier molecular flexibility index (Phi) is 11.4. The van der Waals surface area contributed by atoms with Crippen LogP contribution in [0.5, 0.6) is 11.5 Å². The highest BCUT2D eigenvalue weighted by molar-refractivity contribution is 7.92. The zero-order valence-electron chi connectivity index (χ0n) is 25.2. The summed E-state index contributed by atoms with van der Waals surface area (Å²) in [6.07, 6.45) is 2.02. The number of hydrogen-bond donors (Lipinski definition) is 1. The van der Waals surface area contributed by atoms with Crippen molar-refractivity contribution in [1.82, 2.24) is 10.2 Å². The molecule has 3 aromatic carbocycles. The molecule has 0 saturated carbocycles. The minimum atomic E-state index is -3.91. The van der Waals surface area contributed by atoms with Crippen LogP contribution in [0, 0.1) is 6.92 Å². The van der Waals surface area contributed by atoms with Crippen LogP contribution in [0.25, 0.3) is 0 Å². The topological polar surface area (TPSA) is 105 Å². The van der Waals surface area contributed by atoms with Crippen molar-refractivity contribution in [3.8, 4) is 11.5 Å². The summed E-state index contributed by atoms with van der Waals surface area (Å²) in [5.41, 5.74) is 2.93. The maximum atomic E-state index is 14.2. The lowest BCUT2D eigenvalue weighted by atomic mass is 10.0. The number of hydrogen-bond acceptors (Lipinski definition) is 6. The van der Waals surface area contributed by atoms with Crippen LogP contribution in [0.1, 0.15) is 37.0 Å². The van der Waals surface area contributed by atoms with E-state index >= 15 is 0 Å². The van der Waals surface area contributed by atoms with Gasteiger partial charge < -0.3 is 19.7 Å². The zero-order valence-corrected chi connectivity index (χ0v) is 26.0. The van der Waals surface area contributed by atoms with Gasteiger partial charge in [0.25, 0.3) is 0 Å². The third-order valence-corrected chi connectivity index (χ3v) is 8.35. The summed E-state index contributed by atoms with van der Waals surface area (Å²) in [4.78, 5) is 29.5. The van der Waals surface area contributed by atoms with Crippen LogP contribution in [-0.2, 0) is 32.6 Å². The molecule has 3 rings (SSSR count). The quantitative estimate of drug-likeness (QED) is 0.298. The maximum absolute atomic E-state index is 14.2. The fraction of sp³-hybridized carbons (Fsp3) is 0.375. The Balaban J connectivity index is 2.09. The van der Waals surface area contributed by atoms with Gasteiger partial charge in [-0.1, -0.05) is 61.5 Å². The van der Waals surface area contributed by atoms with Crippen LogP contribution >= 0.6 is 0 Å². The Morgan fingerprint density at radius 1 is 0.929 bits per heavy atom. The molecule has 2 unspecified atom stereocenters. The fourth-order valence-electron chi connectivity index (χ4n) is 4.56. The van der Waals surface area contributed by atoms with Crippen LogP contribution in [0.2, 0.25) is 0 Å². The van der Waals surface area contributed by atoms with Gasteiger partial charge in [-0.15, -0.1) is 0 Å². The zero-order chi connectivity index (χ0) is 30.9. The minimum Gasteiger partial charge on any atom is -0.493 e. The van der Waals surface area contributed by atoms with Crippen LogP contribution in [0.15, 0.2) is 72.8 Å². The summed E-state index contributed by atoms with van der Waals surface area (Å²) in [5.74, 6) is -0.0690. The smallest absolute Gasteiger partial charge is 0.244 e. The first kappa shape index (κ1) is 32.5. The summed E-state index contributed by atoms with van der Waals surface area (Å²) in [7, 11) is -0.979. The molecule has 0 fully saturated rings. The molecule has 10 heteroatoms. The molecule has 0 aliphatic heterocycles. The van der Waals surface area contributed by atoms with E-state index in [1.165, 1.54) is 25.2 Å². The molecule has 226 valence electrons. The van der Waals surface area contributed by atoms with Crippen molar-refractivity contribution in [2.75, 3.05) is 31.3 Å². The lowest BCUT2D eigenvalue weighted by Gasteiger charge is -2.34. The second-order valence-electron chi connectivity index (χ2n) is 10.3. The fourth-order valence-corrected chi connectivity index (χ4v) is 5.40. The first-order valence-corrected chi connectivity index (χ1v) is 15.7. The monoisotopic (exact) mass is 595 g/mol. The summed E-state index contributed by atoms with van der Waals surface area (Å²) < 4.78 is 37.8. The number of nitrogens with zero attached hydrogens (tertiary/aromatic N) is 2. The summed E-state index contributed by atoms with van der Waals surface area (Å²) >= 11 is 0. The van der Waals surface area contributed by atoms with Crippen molar-refractivity contribution >= 4 is 27.5 Å². The minimum absolute atomic E-state index is 0.106. The highest BCUT2D eigenvalue weighted by Crippen LogP contribution is 2.32. The molecule has 0 radical (unpaired) electrons. The number of anilines is 1. The van der Waals surface area contributed by atoms with Crippen LogP contribution in [-0.4, -0.2) is 64.2 Å². The molecule has 9 nitrogen and oxygen atoms in total. The molecule has 2 atom stereocenters. The maximum Gasteiger partial charge on any atom is 0.244 e. The van der Waals surface area contributed by atoms with Crippen molar-refractivity contribution in [3.05, 3.63) is 89.5 Å². The van der Waals surface area contributed by atoms with Gasteiger partial charge in [0.15, 0.2) is 11.5 Å². The van der Waals surface area contributed by atoms with Gasteiger partial charge in [0.1, 0.15) is 12.6 Å².